The average molecular weight is 235 g/mol. The van der Waals surface area contributed by atoms with E-state index in [4.69, 9.17) is 15.0 Å². The van der Waals surface area contributed by atoms with Crippen molar-refractivity contribution in [1.82, 2.24) is 0 Å². The topological polar surface area (TPSA) is 91.7 Å². The maximum absolute atomic E-state index is 8.33. The molecule has 5 heteroatoms. The van der Waals surface area contributed by atoms with E-state index < -0.39 is 6.16 Å². The fraction of sp³-hybridized carbons (Fsp3) is 0. The molecule has 4 nitrogen and oxygen atoms in total. The largest absolute Gasteiger partial charge is 4.00 e. The van der Waals surface area contributed by atoms with Crippen LogP contribution < -0.4 is 10.2 Å². The van der Waals surface area contributed by atoms with Crippen LogP contribution in [0.25, 0.3) is 0 Å². The molecule has 0 N–H and O–H groups in total. The van der Waals surface area contributed by atoms with Crippen LogP contribution in [0.5, 0.6) is 0 Å². The first-order valence-electron chi connectivity index (χ1n) is 0.612. The van der Waals surface area contributed by atoms with Crippen molar-refractivity contribution in [3.8, 4) is 0 Å². The number of rotatable bonds is 0. The van der Waals surface area contributed by atoms with Crippen molar-refractivity contribution < 1.29 is 59.1 Å². The van der Waals surface area contributed by atoms with Crippen LogP contribution in [0.3, 0.4) is 0 Å². The zero-order valence-corrected chi connectivity index (χ0v) is 4.61. The van der Waals surface area contributed by atoms with E-state index in [1.807, 2.05) is 0 Å². The third-order valence-electron chi connectivity index (χ3n) is 0. The minimum Gasteiger partial charge on any atom is -2.00 e. The van der Waals surface area contributed by atoms with Crippen LogP contribution in [0.1, 0.15) is 0 Å². The standard InChI is InChI=1S/CH2O3.O.Tb/c2-1(3)4;;/h(H2,2,3,4);;/q;-2;+4/p-2. The van der Waals surface area contributed by atoms with Crippen molar-refractivity contribution in [2.24, 2.45) is 0 Å². The van der Waals surface area contributed by atoms with Crippen LogP contribution in [0.2, 0.25) is 0 Å². The third kappa shape index (κ3) is 210. The Balaban J connectivity index is -0.0000000450. The molecular weight excluding hydrogens is 235 g/mol. The Hall–Kier alpha value is 0.516. The molecule has 0 rings (SSSR count). The molecule has 1 radical (unpaired) electrons. The summed E-state index contributed by atoms with van der Waals surface area (Å²) >= 11 is 0. The van der Waals surface area contributed by atoms with Gasteiger partial charge >= 0.3 is 38.6 Å². The minimum atomic E-state index is -2.33. The van der Waals surface area contributed by atoms with Crippen molar-refractivity contribution >= 4 is 6.16 Å². The Morgan fingerprint density at radius 3 is 1.33 bits per heavy atom. The molecule has 0 aromatic carbocycles. The molecule has 0 saturated carbocycles. The molecule has 0 aliphatic heterocycles. The molecule has 0 bridgehead atoms. The van der Waals surface area contributed by atoms with E-state index in [1.54, 1.807) is 0 Å². The van der Waals surface area contributed by atoms with Gasteiger partial charge in [0.25, 0.3) is 0 Å². The molecule has 0 spiro atoms. The maximum Gasteiger partial charge on any atom is 4.00 e. The SMILES string of the molecule is O=C([O-])[O-].[O-2].[Tb+4]. The van der Waals surface area contributed by atoms with E-state index >= 15 is 0 Å². The van der Waals surface area contributed by atoms with Gasteiger partial charge in [-0.25, -0.2) is 0 Å². The van der Waals surface area contributed by atoms with E-state index in [0.717, 1.165) is 0 Å². The summed E-state index contributed by atoms with van der Waals surface area (Å²) in [4.78, 5) is 8.33. The summed E-state index contributed by atoms with van der Waals surface area (Å²) < 4.78 is 0. The van der Waals surface area contributed by atoms with Gasteiger partial charge in [0.05, 0.1) is 0 Å². The summed E-state index contributed by atoms with van der Waals surface area (Å²) in [7, 11) is 0. The molecule has 6 heavy (non-hydrogen) atoms. The minimum absolute atomic E-state index is 0. The molecule has 0 aliphatic rings. The van der Waals surface area contributed by atoms with E-state index in [0.29, 0.717) is 0 Å². The van der Waals surface area contributed by atoms with Gasteiger partial charge in [-0.3, -0.25) is 0 Å². The molecule has 0 aromatic rings. The molecule has 0 atom stereocenters. The first-order chi connectivity index (χ1) is 1.73. The summed E-state index contributed by atoms with van der Waals surface area (Å²) in [6, 6.07) is 0. The first kappa shape index (κ1) is 16.0. The van der Waals surface area contributed by atoms with E-state index in [-0.39, 0.29) is 44.1 Å². The number of hydrogen-bond donors (Lipinski definition) is 0. The summed E-state index contributed by atoms with van der Waals surface area (Å²) in [6.45, 7) is 0. The average Bonchev–Trinajstić information content (AvgIpc) is 0.811. The zero-order valence-electron chi connectivity index (χ0n) is 2.47. The van der Waals surface area contributed by atoms with Crippen LogP contribution >= 0.6 is 0 Å². The van der Waals surface area contributed by atoms with Crippen molar-refractivity contribution in [3.63, 3.8) is 0 Å². The van der Waals surface area contributed by atoms with Gasteiger partial charge in [0, 0.05) is 0 Å². The summed E-state index contributed by atoms with van der Waals surface area (Å²) in [5.41, 5.74) is 0. The van der Waals surface area contributed by atoms with Crippen molar-refractivity contribution in [3.05, 3.63) is 0 Å². The van der Waals surface area contributed by atoms with Gasteiger partial charge in [-0.15, -0.1) is 0 Å². The van der Waals surface area contributed by atoms with E-state index in [2.05, 4.69) is 0 Å². The van der Waals surface area contributed by atoms with Crippen LogP contribution in [0.15, 0.2) is 0 Å². The summed E-state index contributed by atoms with van der Waals surface area (Å²) in [5, 5.41) is 16.7. The number of carbonyl (C=O) groups excluding carboxylic acids is 1. The number of carbonyl (C=O) groups is 1. The smallest absolute Gasteiger partial charge is 2.00 e. The second-order valence-electron chi connectivity index (χ2n) is 0.250. The van der Waals surface area contributed by atoms with Crippen molar-refractivity contribution in [2.75, 3.05) is 0 Å². The Kier molecular flexibility index (Phi) is 24.3. The number of hydrogen-bond acceptors (Lipinski definition) is 3. The van der Waals surface area contributed by atoms with Crippen molar-refractivity contribution in [2.45, 2.75) is 0 Å². The first-order valence-corrected chi connectivity index (χ1v) is 0.612. The number of carboxylic acid groups (broad SMARTS) is 2. The van der Waals surface area contributed by atoms with Gasteiger partial charge in [-0.2, -0.15) is 0 Å². The Bertz CT molecular complexity index is 30.5. The quantitative estimate of drug-likeness (QED) is 0.462. The second kappa shape index (κ2) is 9.10. The van der Waals surface area contributed by atoms with Crippen LogP contribution in [-0.4, -0.2) is 6.16 Å². The predicted octanol–water partition coefficient (Wildman–Crippen LogP) is -2.57. The molecule has 0 aromatic heterocycles. The van der Waals surface area contributed by atoms with Crippen LogP contribution in [0, 0.1) is 38.6 Å². The van der Waals surface area contributed by atoms with Gasteiger partial charge < -0.3 is 20.5 Å². The van der Waals surface area contributed by atoms with Gasteiger partial charge in [0.1, 0.15) is 0 Å². The molecule has 0 aliphatic carbocycles. The fourth-order valence-electron chi connectivity index (χ4n) is 0. The molecular formula is CO4Tb. The van der Waals surface area contributed by atoms with Crippen molar-refractivity contribution in [1.29, 1.82) is 0 Å². The summed E-state index contributed by atoms with van der Waals surface area (Å²) in [5.74, 6) is 0. The predicted molar refractivity (Wildman–Crippen MR) is 6.08 cm³/mol. The van der Waals surface area contributed by atoms with Gasteiger partial charge in [0.2, 0.25) is 0 Å². The van der Waals surface area contributed by atoms with Crippen LogP contribution in [-0.2, 0) is 5.48 Å². The summed E-state index contributed by atoms with van der Waals surface area (Å²) in [6.07, 6.45) is -2.33. The normalized spacial score (nSPS) is 4.00. The van der Waals surface area contributed by atoms with Crippen LogP contribution in [0.4, 0.5) is 4.79 Å². The molecule has 0 amide bonds. The third-order valence-corrected chi connectivity index (χ3v) is 0. The van der Waals surface area contributed by atoms with E-state index in [9.17, 15) is 0 Å². The fourth-order valence-corrected chi connectivity index (χ4v) is 0. The molecule has 37 valence electrons. The molecule has 0 saturated heterocycles. The monoisotopic (exact) mass is 235 g/mol. The second-order valence-corrected chi connectivity index (χ2v) is 0.250. The Labute approximate surface area is 64.9 Å². The zero-order chi connectivity index (χ0) is 3.58. The van der Waals surface area contributed by atoms with Gasteiger partial charge in [-0.05, 0) is 6.16 Å². The molecule has 0 unspecified atom stereocenters. The Morgan fingerprint density at radius 1 is 1.33 bits per heavy atom. The van der Waals surface area contributed by atoms with E-state index in [1.165, 1.54) is 0 Å². The maximum atomic E-state index is 8.33. The molecule has 0 fully saturated rings. The molecule has 0 heterocycles. The van der Waals surface area contributed by atoms with Gasteiger partial charge in [0.15, 0.2) is 0 Å². The van der Waals surface area contributed by atoms with Gasteiger partial charge in [-0.1, -0.05) is 0 Å². The Morgan fingerprint density at radius 2 is 1.33 bits per heavy atom.